The lowest BCUT2D eigenvalue weighted by atomic mass is 10.2. The van der Waals surface area contributed by atoms with Crippen LogP contribution in [-0.4, -0.2) is 12.9 Å². The van der Waals surface area contributed by atoms with Crippen LogP contribution in [0.5, 0.6) is 5.75 Å². The summed E-state index contributed by atoms with van der Waals surface area (Å²) in [5, 5.41) is 13.2. The monoisotopic (exact) mass is 318 g/mol. The van der Waals surface area contributed by atoms with Gasteiger partial charge in [-0.15, -0.1) is 11.8 Å². The van der Waals surface area contributed by atoms with Crippen LogP contribution in [-0.2, 0) is 0 Å². The summed E-state index contributed by atoms with van der Waals surface area (Å²) in [5.74, 6) is 1.62. The number of nitrogens with one attached hydrogen (secondary N) is 1. The van der Waals surface area contributed by atoms with Crippen LogP contribution in [0, 0.1) is 11.3 Å². The molecule has 0 aromatic heterocycles. The van der Waals surface area contributed by atoms with Gasteiger partial charge in [-0.3, -0.25) is 0 Å². The van der Waals surface area contributed by atoms with Gasteiger partial charge in [-0.05, 0) is 30.0 Å². The van der Waals surface area contributed by atoms with Crippen LogP contribution in [0.2, 0.25) is 5.02 Å². The van der Waals surface area contributed by atoms with E-state index in [9.17, 15) is 5.26 Å². The van der Waals surface area contributed by atoms with Crippen LogP contribution in [0.15, 0.2) is 41.3 Å². The van der Waals surface area contributed by atoms with Crippen LogP contribution in [0.1, 0.15) is 12.5 Å². The van der Waals surface area contributed by atoms with Gasteiger partial charge in [-0.2, -0.15) is 5.26 Å². The molecular weight excluding hydrogens is 304 g/mol. The second kappa shape index (κ2) is 7.26. The first-order valence-electron chi connectivity index (χ1n) is 6.46. The highest BCUT2D eigenvalue weighted by molar-refractivity contribution is 7.99. The van der Waals surface area contributed by atoms with Gasteiger partial charge in [0.15, 0.2) is 0 Å². The second-order valence-electron chi connectivity index (χ2n) is 4.19. The van der Waals surface area contributed by atoms with E-state index in [4.69, 9.17) is 16.3 Å². The van der Waals surface area contributed by atoms with Crippen molar-refractivity contribution < 1.29 is 4.74 Å². The Hall–Kier alpha value is -1.83. The number of hydrogen-bond acceptors (Lipinski definition) is 4. The first-order valence-corrected chi connectivity index (χ1v) is 7.82. The minimum absolute atomic E-state index is 0.577. The molecular formula is C16H15ClN2OS. The maximum atomic E-state index is 9.41. The van der Waals surface area contributed by atoms with Gasteiger partial charge in [0, 0.05) is 11.0 Å². The normalized spacial score (nSPS) is 10.0. The van der Waals surface area contributed by atoms with Crippen LogP contribution < -0.4 is 10.1 Å². The quantitative estimate of drug-likeness (QED) is 0.781. The van der Waals surface area contributed by atoms with E-state index in [1.165, 1.54) is 0 Å². The third-order valence-corrected chi connectivity index (χ3v) is 4.15. The van der Waals surface area contributed by atoms with Crippen LogP contribution >= 0.6 is 23.4 Å². The summed E-state index contributed by atoms with van der Waals surface area (Å²) >= 11 is 7.84. The lowest BCUT2D eigenvalue weighted by molar-refractivity contribution is 0.415. The van der Waals surface area contributed by atoms with E-state index in [0.29, 0.717) is 22.0 Å². The van der Waals surface area contributed by atoms with Crippen molar-refractivity contribution in [2.45, 2.75) is 11.8 Å². The van der Waals surface area contributed by atoms with Crippen molar-refractivity contribution >= 4 is 34.7 Å². The van der Waals surface area contributed by atoms with Gasteiger partial charge in [0.1, 0.15) is 11.8 Å². The molecule has 0 bridgehead atoms. The van der Waals surface area contributed by atoms with Gasteiger partial charge in [-0.25, -0.2) is 0 Å². The molecule has 2 aromatic rings. The molecule has 0 saturated carbocycles. The maximum absolute atomic E-state index is 9.41. The molecule has 0 aliphatic carbocycles. The van der Waals surface area contributed by atoms with Gasteiger partial charge in [-0.1, -0.05) is 24.6 Å². The number of nitrogens with zero attached hydrogens (tertiary/aromatic N) is 1. The molecule has 0 spiro atoms. The molecule has 3 nitrogen and oxygen atoms in total. The molecule has 5 heteroatoms. The van der Waals surface area contributed by atoms with Gasteiger partial charge in [0.25, 0.3) is 0 Å². The van der Waals surface area contributed by atoms with Crippen molar-refractivity contribution in [3.63, 3.8) is 0 Å². The van der Waals surface area contributed by atoms with Gasteiger partial charge in [0.2, 0.25) is 0 Å². The Morgan fingerprint density at radius 2 is 2.10 bits per heavy atom. The predicted octanol–water partition coefficient (Wildman–Crippen LogP) is 5.08. The number of ether oxygens (including phenoxy) is 1. The SMILES string of the molecule is CCSc1cccc(Nc2cc(OC)ccc2Cl)c1C#N. The minimum Gasteiger partial charge on any atom is -0.497 e. The molecule has 0 unspecified atom stereocenters. The molecule has 2 rings (SSSR count). The van der Waals surface area contributed by atoms with E-state index in [0.717, 1.165) is 16.3 Å². The van der Waals surface area contributed by atoms with Gasteiger partial charge >= 0.3 is 0 Å². The second-order valence-corrected chi connectivity index (χ2v) is 5.91. The maximum Gasteiger partial charge on any atom is 0.121 e. The largest absolute Gasteiger partial charge is 0.497 e. The number of nitriles is 1. The lowest BCUT2D eigenvalue weighted by Crippen LogP contribution is -1.96. The zero-order valence-electron chi connectivity index (χ0n) is 11.8. The third-order valence-electron chi connectivity index (χ3n) is 2.88. The van der Waals surface area contributed by atoms with E-state index in [1.54, 1.807) is 31.0 Å². The molecule has 0 aliphatic rings. The van der Waals surface area contributed by atoms with Crippen LogP contribution in [0.25, 0.3) is 0 Å². The summed E-state index contributed by atoms with van der Waals surface area (Å²) in [5.41, 5.74) is 2.08. The lowest BCUT2D eigenvalue weighted by Gasteiger charge is -2.13. The average molecular weight is 319 g/mol. The fourth-order valence-corrected chi connectivity index (χ4v) is 2.85. The molecule has 0 aliphatic heterocycles. The predicted molar refractivity (Wildman–Crippen MR) is 88.8 cm³/mol. The molecule has 0 fully saturated rings. The molecule has 2 aromatic carbocycles. The zero-order chi connectivity index (χ0) is 15.2. The summed E-state index contributed by atoms with van der Waals surface area (Å²) in [6.07, 6.45) is 0. The summed E-state index contributed by atoms with van der Waals surface area (Å²) in [7, 11) is 1.60. The van der Waals surface area contributed by atoms with E-state index >= 15 is 0 Å². The van der Waals surface area contributed by atoms with Crippen molar-refractivity contribution in [1.82, 2.24) is 0 Å². The first-order chi connectivity index (χ1) is 10.2. The van der Waals surface area contributed by atoms with Crippen molar-refractivity contribution in [2.75, 3.05) is 18.2 Å². The van der Waals surface area contributed by atoms with Crippen LogP contribution in [0.3, 0.4) is 0 Å². The highest BCUT2D eigenvalue weighted by Gasteiger charge is 2.10. The fourth-order valence-electron chi connectivity index (χ4n) is 1.90. The Bertz CT molecular complexity index is 682. The van der Waals surface area contributed by atoms with Crippen LogP contribution in [0.4, 0.5) is 11.4 Å². The highest BCUT2D eigenvalue weighted by atomic mass is 35.5. The standard InChI is InChI=1S/C16H15ClN2OS/c1-3-21-16-6-4-5-14(12(16)10-18)19-15-9-11(20-2)7-8-13(15)17/h4-9,19H,3H2,1-2H3. The molecule has 0 radical (unpaired) electrons. The Morgan fingerprint density at radius 1 is 1.29 bits per heavy atom. The molecule has 0 saturated heterocycles. The number of thioether (sulfide) groups is 1. The number of benzene rings is 2. The molecule has 1 N–H and O–H groups in total. The molecule has 108 valence electrons. The van der Waals surface area contributed by atoms with E-state index < -0.39 is 0 Å². The molecule has 0 heterocycles. The van der Waals surface area contributed by atoms with Crippen molar-refractivity contribution in [1.29, 1.82) is 5.26 Å². The Morgan fingerprint density at radius 3 is 2.76 bits per heavy atom. The Balaban J connectivity index is 2.40. The summed E-state index contributed by atoms with van der Waals surface area (Å²) in [6.45, 7) is 2.06. The average Bonchev–Trinajstić information content (AvgIpc) is 2.50. The number of anilines is 2. The van der Waals surface area contributed by atoms with Gasteiger partial charge in [0.05, 0.1) is 29.1 Å². The summed E-state index contributed by atoms with van der Waals surface area (Å²) in [4.78, 5) is 0.962. The third kappa shape index (κ3) is 3.63. The van der Waals surface area contributed by atoms with E-state index in [-0.39, 0.29) is 0 Å². The van der Waals surface area contributed by atoms with Crippen molar-refractivity contribution in [3.05, 3.63) is 47.0 Å². The Labute approximate surface area is 133 Å². The van der Waals surface area contributed by atoms with Crippen molar-refractivity contribution in [2.24, 2.45) is 0 Å². The first kappa shape index (κ1) is 15.6. The topological polar surface area (TPSA) is 45.0 Å². The Kier molecular flexibility index (Phi) is 5.38. The highest BCUT2D eigenvalue weighted by Crippen LogP contribution is 2.33. The number of rotatable bonds is 5. The minimum atomic E-state index is 0.577. The number of hydrogen-bond donors (Lipinski definition) is 1. The van der Waals surface area contributed by atoms with E-state index in [1.807, 2.05) is 24.3 Å². The molecule has 0 amide bonds. The van der Waals surface area contributed by atoms with E-state index in [2.05, 4.69) is 18.3 Å². The summed E-state index contributed by atoms with van der Waals surface area (Å²) < 4.78 is 5.20. The molecule has 21 heavy (non-hydrogen) atoms. The fraction of sp³-hybridized carbons (Fsp3) is 0.188. The smallest absolute Gasteiger partial charge is 0.121 e. The number of halogens is 1. The van der Waals surface area contributed by atoms with Gasteiger partial charge < -0.3 is 10.1 Å². The summed E-state index contributed by atoms with van der Waals surface area (Å²) in [6, 6.07) is 13.4. The molecule has 0 atom stereocenters. The zero-order valence-corrected chi connectivity index (χ0v) is 13.4. The number of methoxy groups -OCH3 is 1. The van der Waals surface area contributed by atoms with Crippen molar-refractivity contribution in [3.8, 4) is 11.8 Å².